The van der Waals surface area contributed by atoms with E-state index in [1.165, 1.54) is 11.8 Å². The molecule has 0 saturated heterocycles. The van der Waals surface area contributed by atoms with Crippen molar-refractivity contribution in [2.45, 2.75) is 11.7 Å². The lowest BCUT2D eigenvalue weighted by Crippen LogP contribution is -2.26. The molecule has 0 amide bonds. The molecule has 0 unspecified atom stereocenters. The molecule has 0 spiro atoms. The quantitative estimate of drug-likeness (QED) is 0.340. The molecule has 146 valence electrons. The lowest BCUT2D eigenvalue weighted by molar-refractivity contribution is -0.112. The molecule has 1 aliphatic rings. The summed E-state index contributed by atoms with van der Waals surface area (Å²) in [5, 5.41) is 24.0. The Kier molecular flexibility index (Phi) is 5.33. The smallest absolute Gasteiger partial charge is 0.210 e. The molecule has 0 fully saturated rings. The number of anilines is 2. The maximum absolute atomic E-state index is 12.9. The van der Waals surface area contributed by atoms with Crippen molar-refractivity contribution in [2.75, 3.05) is 29.6 Å². The number of tetrazole rings is 1. The van der Waals surface area contributed by atoms with Crippen LogP contribution in [0.2, 0.25) is 0 Å². The molecule has 0 N–H and O–H groups in total. The predicted octanol–water partition coefficient (Wildman–Crippen LogP) is 2.77. The molecule has 1 aromatic carbocycles. The molecule has 3 aromatic rings. The van der Waals surface area contributed by atoms with Gasteiger partial charge in [0.2, 0.25) is 5.16 Å². The molecular weight excluding hydrogens is 406 g/mol. The van der Waals surface area contributed by atoms with Crippen LogP contribution in [-0.4, -0.2) is 45.8 Å². The van der Waals surface area contributed by atoms with Gasteiger partial charge < -0.3 is 9.80 Å². The summed E-state index contributed by atoms with van der Waals surface area (Å²) in [7, 11) is 3.72. The van der Waals surface area contributed by atoms with Gasteiger partial charge >= 0.3 is 0 Å². The van der Waals surface area contributed by atoms with E-state index in [4.69, 9.17) is 0 Å². The number of carbonyl (C=O) groups is 1. The van der Waals surface area contributed by atoms with E-state index in [9.17, 15) is 10.1 Å². The number of ketones is 1. The van der Waals surface area contributed by atoms with Gasteiger partial charge in [0.1, 0.15) is 17.5 Å². The van der Waals surface area contributed by atoms with Crippen LogP contribution < -0.4 is 9.80 Å². The normalized spacial score (nSPS) is 12.8. The number of benzene rings is 1. The average Bonchev–Trinajstić information content (AvgIpc) is 3.46. The molecule has 0 atom stereocenters. The first kappa shape index (κ1) is 19.2. The van der Waals surface area contributed by atoms with Crippen LogP contribution in [0, 0.1) is 11.3 Å². The number of allylic oxidation sites excluding steroid dienone is 1. The minimum atomic E-state index is -0.260. The predicted molar refractivity (Wildman–Crippen MR) is 113 cm³/mol. The number of para-hydroxylation sites is 2. The molecule has 2 aromatic heterocycles. The standard InChI is InChI=1S/C19H17N7OS2/c1-24-15-7-3-4-8-16(15)25(2)18(24)14(10-20)17(27)12-29-19-21-22-23-26(19)11-13-6-5-9-28-13/h3-9H,11-12H2,1-2H3. The van der Waals surface area contributed by atoms with E-state index in [1.807, 2.05) is 65.7 Å². The summed E-state index contributed by atoms with van der Waals surface area (Å²) in [5.74, 6) is 0.400. The highest BCUT2D eigenvalue weighted by molar-refractivity contribution is 7.99. The molecule has 0 saturated carbocycles. The zero-order valence-corrected chi connectivity index (χ0v) is 17.4. The topological polar surface area (TPSA) is 90.9 Å². The highest BCUT2D eigenvalue weighted by Gasteiger charge is 2.31. The summed E-state index contributed by atoms with van der Waals surface area (Å²) in [6, 6.07) is 13.9. The van der Waals surface area contributed by atoms with Gasteiger partial charge in [-0.05, 0) is 34.0 Å². The maximum atomic E-state index is 12.9. The first-order chi connectivity index (χ1) is 14.1. The number of hydrogen-bond donors (Lipinski definition) is 0. The number of hydrogen-bond acceptors (Lipinski definition) is 9. The molecule has 8 nitrogen and oxygen atoms in total. The summed E-state index contributed by atoms with van der Waals surface area (Å²) < 4.78 is 1.66. The zero-order valence-electron chi connectivity index (χ0n) is 15.8. The third-order valence-corrected chi connectivity index (χ3v) is 6.39. The van der Waals surface area contributed by atoms with Crippen molar-refractivity contribution in [1.29, 1.82) is 5.26 Å². The Morgan fingerprint density at radius 1 is 1.17 bits per heavy atom. The number of carbonyl (C=O) groups excluding carboxylic acids is 1. The van der Waals surface area contributed by atoms with Gasteiger partial charge in [0, 0.05) is 19.0 Å². The number of rotatable bonds is 6. The lowest BCUT2D eigenvalue weighted by atomic mass is 10.2. The van der Waals surface area contributed by atoms with Crippen molar-refractivity contribution in [3.63, 3.8) is 0 Å². The number of thioether (sulfide) groups is 1. The van der Waals surface area contributed by atoms with Crippen molar-refractivity contribution < 1.29 is 4.79 Å². The van der Waals surface area contributed by atoms with Gasteiger partial charge in [0.15, 0.2) is 5.78 Å². The minimum Gasteiger partial charge on any atom is -0.328 e. The fourth-order valence-corrected chi connectivity index (χ4v) is 4.64. The number of aromatic nitrogens is 4. The van der Waals surface area contributed by atoms with Gasteiger partial charge in [-0.15, -0.1) is 16.4 Å². The Hall–Kier alpha value is -3.16. The Morgan fingerprint density at radius 2 is 1.90 bits per heavy atom. The molecule has 10 heteroatoms. The first-order valence-electron chi connectivity index (χ1n) is 8.75. The third-order valence-electron chi connectivity index (χ3n) is 4.57. The number of Topliss-reactive ketones (excluding diaryl/α,β-unsaturated/α-hetero) is 1. The van der Waals surface area contributed by atoms with Crippen molar-refractivity contribution in [3.05, 3.63) is 58.0 Å². The second-order valence-electron chi connectivity index (χ2n) is 6.33. The monoisotopic (exact) mass is 423 g/mol. The number of nitrogens with zero attached hydrogens (tertiary/aromatic N) is 7. The Morgan fingerprint density at radius 3 is 2.52 bits per heavy atom. The third kappa shape index (κ3) is 3.62. The molecule has 3 heterocycles. The van der Waals surface area contributed by atoms with E-state index in [1.54, 1.807) is 16.0 Å². The fourth-order valence-electron chi connectivity index (χ4n) is 3.21. The Bertz CT molecular complexity index is 1080. The van der Waals surface area contributed by atoms with Crippen LogP contribution in [0.1, 0.15) is 4.88 Å². The highest BCUT2D eigenvalue weighted by Crippen LogP contribution is 2.40. The summed E-state index contributed by atoms with van der Waals surface area (Å²) >= 11 is 2.85. The summed E-state index contributed by atoms with van der Waals surface area (Å²) in [5.41, 5.74) is 2.03. The first-order valence-corrected chi connectivity index (χ1v) is 10.6. The van der Waals surface area contributed by atoms with Gasteiger partial charge in [-0.1, -0.05) is 30.0 Å². The van der Waals surface area contributed by atoms with Crippen LogP contribution in [0.5, 0.6) is 0 Å². The minimum absolute atomic E-state index is 0.0786. The van der Waals surface area contributed by atoms with Crippen LogP contribution >= 0.6 is 23.1 Å². The van der Waals surface area contributed by atoms with E-state index in [-0.39, 0.29) is 17.1 Å². The molecule has 0 bridgehead atoms. The van der Waals surface area contributed by atoms with Crippen molar-refractivity contribution in [1.82, 2.24) is 20.2 Å². The maximum Gasteiger partial charge on any atom is 0.210 e. The second-order valence-corrected chi connectivity index (χ2v) is 8.30. The molecular formula is C19H17N7OS2. The molecule has 4 rings (SSSR count). The Labute approximate surface area is 176 Å². The summed E-state index contributed by atoms with van der Waals surface area (Å²) in [4.78, 5) is 17.8. The van der Waals surface area contributed by atoms with Crippen LogP contribution in [0.4, 0.5) is 11.4 Å². The van der Waals surface area contributed by atoms with Crippen LogP contribution in [0.15, 0.2) is 58.3 Å². The van der Waals surface area contributed by atoms with Crippen molar-refractivity contribution in [3.8, 4) is 6.07 Å². The van der Waals surface area contributed by atoms with Gasteiger partial charge in [-0.3, -0.25) is 4.79 Å². The molecule has 29 heavy (non-hydrogen) atoms. The van der Waals surface area contributed by atoms with Gasteiger partial charge in [0.25, 0.3) is 0 Å². The number of nitriles is 1. The van der Waals surface area contributed by atoms with E-state index in [0.717, 1.165) is 16.3 Å². The van der Waals surface area contributed by atoms with E-state index in [2.05, 4.69) is 21.6 Å². The van der Waals surface area contributed by atoms with Crippen LogP contribution in [0.25, 0.3) is 0 Å². The highest BCUT2D eigenvalue weighted by atomic mass is 32.2. The molecule has 0 radical (unpaired) electrons. The number of fused-ring (bicyclic) bond motifs is 1. The van der Waals surface area contributed by atoms with Crippen LogP contribution in [-0.2, 0) is 11.3 Å². The Balaban J connectivity index is 1.52. The van der Waals surface area contributed by atoms with Crippen LogP contribution in [0.3, 0.4) is 0 Å². The molecule has 1 aliphatic heterocycles. The lowest BCUT2D eigenvalue weighted by Gasteiger charge is -2.19. The van der Waals surface area contributed by atoms with Gasteiger partial charge in [-0.25, -0.2) is 4.68 Å². The van der Waals surface area contributed by atoms with E-state index < -0.39 is 0 Å². The SMILES string of the molecule is CN1C(=C(C#N)C(=O)CSc2nnnn2Cc2cccs2)N(C)c2ccccc21. The molecule has 0 aliphatic carbocycles. The average molecular weight is 424 g/mol. The fraction of sp³-hybridized carbons (Fsp3) is 0.211. The summed E-state index contributed by atoms with van der Waals surface area (Å²) in [6.07, 6.45) is 0. The second kappa shape index (κ2) is 8.06. The van der Waals surface area contributed by atoms with Gasteiger partial charge in [-0.2, -0.15) is 5.26 Å². The van der Waals surface area contributed by atoms with Crippen molar-refractivity contribution in [2.24, 2.45) is 0 Å². The van der Waals surface area contributed by atoms with E-state index in [0.29, 0.717) is 17.5 Å². The summed E-state index contributed by atoms with van der Waals surface area (Å²) in [6.45, 7) is 0.550. The van der Waals surface area contributed by atoms with Crippen molar-refractivity contribution >= 4 is 40.3 Å². The van der Waals surface area contributed by atoms with Gasteiger partial charge in [0.05, 0.1) is 23.7 Å². The zero-order chi connectivity index (χ0) is 20.4. The number of thiophene rings is 1. The van der Waals surface area contributed by atoms with E-state index >= 15 is 0 Å². The largest absolute Gasteiger partial charge is 0.328 e.